The lowest BCUT2D eigenvalue weighted by Gasteiger charge is -2.25. The van der Waals surface area contributed by atoms with Gasteiger partial charge < -0.3 is 10.2 Å². The highest BCUT2D eigenvalue weighted by Gasteiger charge is 2.27. The molecule has 3 unspecified atom stereocenters. The molecule has 0 bridgehead atoms. The molecule has 0 amide bonds. The molecule has 1 aliphatic heterocycles. The van der Waals surface area contributed by atoms with E-state index >= 15 is 0 Å². The summed E-state index contributed by atoms with van der Waals surface area (Å²) in [6.07, 6.45) is 8.45. The molecule has 0 radical (unpaired) electrons. The van der Waals surface area contributed by atoms with Gasteiger partial charge in [0.25, 0.3) is 0 Å². The summed E-state index contributed by atoms with van der Waals surface area (Å²) in [5, 5.41) is 3.81. The smallest absolute Gasteiger partial charge is 0.0218 e. The second-order valence-electron chi connectivity index (χ2n) is 5.39. The number of nitrogens with one attached hydrogen (secondary N) is 1. The molecule has 1 saturated carbocycles. The van der Waals surface area contributed by atoms with Crippen LogP contribution in [0, 0.1) is 5.92 Å². The monoisotopic (exact) mass is 210 g/mol. The SMILES string of the molecule is CCC1CCCC1NCC1CCCN1C. The van der Waals surface area contributed by atoms with Crippen molar-refractivity contribution in [2.75, 3.05) is 20.1 Å². The van der Waals surface area contributed by atoms with Gasteiger partial charge in [-0.2, -0.15) is 0 Å². The zero-order chi connectivity index (χ0) is 10.7. The minimum Gasteiger partial charge on any atom is -0.312 e. The van der Waals surface area contributed by atoms with E-state index in [1.54, 1.807) is 0 Å². The number of rotatable bonds is 4. The summed E-state index contributed by atoms with van der Waals surface area (Å²) in [5.41, 5.74) is 0. The largest absolute Gasteiger partial charge is 0.312 e. The molecule has 1 aliphatic carbocycles. The lowest BCUT2D eigenvalue weighted by Crippen LogP contribution is -2.41. The van der Waals surface area contributed by atoms with Gasteiger partial charge in [-0.05, 0) is 45.2 Å². The van der Waals surface area contributed by atoms with Crippen LogP contribution in [0.25, 0.3) is 0 Å². The van der Waals surface area contributed by atoms with E-state index in [4.69, 9.17) is 0 Å². The molecule has 0 aromatic rings. The van der Waals surface area contributed by atoms with Crippen molar-refractivity contribution in [3.8, 4) is 0 Å². The summed E-state index contributed by atoms with van der Waals surface area (Å²) in [5.74, 6) is 0.955. The van der Waals surface area contributed by atoms with E-state index in [2.05, 4.69) is 24.2 Å². The van der Waals surface area contributed by atoms with Crippen molar-refractivity contribution in [2.45, 2.75) is 57.5 Å². The lowest BCUT2D eigenvalue weighted by atomic mass is 10.0. The Morgan fingerprint density at radius 1 is 1.20 bits per heavy atom. The standard InChI is InChI=1S/C13H26N2/c1-3-11-6-4-8-13(11)14-10-12-7-5-9-15(12)2/h11-14H,3-10H2,1-2H3. The number of hydrogen-bond acceptors (Lipinski definition) is 2. The van der Waals surface area contributed by atoms with E-state index in [0.29, 0.717) is 0 Å². The molecule has 1 saturated heterocycles. The molecule has 0 aromatic carbocycles. The van der Waals surface area contributed by atoms with Gasteiger partial charge >= 0.3 is 0 Å². The molecule has 88 valence electrons. The van der Waals surface area contributed by atoms with Gasteiger partial charge in [-0.3, -0.25) is 0 Å². The third kappa shape index (κ3) is 2.73. The van der Waals surface area contributed by atoms with Crippen LogP contribution in [0.2, 0.25) is 0 Å². The second kappa shape index (κ2) is 5.31. The Kier molecular flexibility index (Phi) is 4.04. The van der Waals surface area contributed by atoms with Crippen LogP contribution in [0.3, 0.4) is 0 Å². The molecular formula is C13H26N2. The maximum atomic E-state index is 3.81. The van der Waals surface area contributed by atoms with Gasteiger partial charge in [-0.1, -0.05) is 19.8 Å². The van der Waals surface area contributed by atoms with Gasteiger partial charge in [0.2, 0.25) is 0 Å². The highest BCUT2D eigenvalue weighted by molar-refractivity contribution is 4.85. The fourth-order valence-corrected chi connectivity index (χ4v) is 3.32. The van der Waals surface area contributed by atoms with Gasteiger partial charge in [0.1, 0.15) is 0 Å². The number of nitrogens with zero attached hydrogens (tertiary/aromatic N) is 1. The maximum Gasteiger partial charge on any atom is 0.0218 e. The summed E-state index contributed by atoms with van der Waals surface area (Å²) in [6.45, 7) is 4.86. The Balaban J connectivity index is 1.72. The summed E-state index contributed by atoms with van der Waals surface area (Å²) in [4.78, 5) is 2.52. The van der Waals surface area contributed by atoms with Crippen LogP contribution >= 0.6 is 0 Å². The summed E-state index contributed by atoms with van der Waals surface area (Å²) >= 11 is 0. The molecule has 2 nitrogen and oxygen atoms in total. The van der Waals surface area contributed by atoms with Gasteiger partial charge in [-0.25, -0.2) is 0 Å². The van der Waals surface area contributed by atoms with Crippen LogP contribution in [0.1, 0.15) is 45.4 Å². The van der Waals surface area contributed by atoms with Crippen LogP contribution in [-0.4, -0.2) is 37.1 Å². The van der Waals surface area contributed by atoms with E-state index in [1.165, 1.54) is 51.6 Å². The number of likely N-dealkylation sites (tertiary alicyclic amines) is 1. The van der Waals surface area contributed by atoms with Gasteiger partial charge in [0.05, 0.1) is 0 Å². The fourth-order valence-electron chi connectivity index (χ4n) is 3.32. The summed E-state index contributed by atoms with van der Waals surface area (Å²) < 4.78 is 0. The van der Waals surface area contributed by atoms with Crippen LogP contribution in [0.15, 0.2) is 0 Å². The highest BCUT2D eigenvalue weighted by atomic mass is 15.2. The molecule has 15 heavy (non-hydrogen) atoms. The van der Waals surface area contributed by atoms with Crippen LogP contribution in [-0.2, 0) is 0 Å². The zero-order valence-corrected chi connectivity index (χ0v) is 10.3. The van der Waals surface area contributed by atoms with E-state index in [9.17, 15) is 0 Å². The van der Waals surface area contributed by atoms with E-state index < -0.39 is 0 Å². The molecular weight excluding hydrogens is 184 g/mol. The predicted octanol–water partition coefficient (Wildman–Crippen LogP) is 2.25. The second-order valence-corrected chi connectivity index (χ2v) is 5.39. The Morgan fingerprint density at radius 3 is 2.73 bits per heavy atom. The number of likely N-dealkylation sites (N-methyl/N-ethyl adjacent to an activating group) is 1. The van der Waals surface area contributed by atoms with Crippen LogP contribution in [0.5, 0.6) is 0 Å². The molecule has 2 heteroatoms. The molecule has 1 heterocycles. The average molecular weight is 210 g/mol. The predicted molar refractivity (Wildman–Crippen MR) is 65.1 cm³/mol. The molecule has 2 aliphatic rings. The van der Waals surface area contributed by atoms with Gasteiger partial charge in [-0.15, -0.1) is 0 Å². The van der Waals surface area contributed by atoms with Crippen molar-refractivity contribution in [2.24, 2.45) is 5.92 Å². The van der Waals surface area contributed by atoms with Gasteiger partial charge in [0, 0.05) is 18.6 Å². The summed E-state index contributed by atoms with van der Waals surface area (Å²) in [6, 6.07) is 1.63. The van der Waals surface area contributed by atoms with Crippen molar-refractivity contribution in [1.29, 1.82) is 0 Å². The third-order valence-electron chi connectivity index (χ3n) is 4.47. The molecule has 0 aromatic heterocycles. The minimum absolute atomic E-state index is 0.808. The molecule has 0 spiro atoms. The van der Waals surface area contributed by atoms with Crippen molar-refractivity contribution < 1.29 is 0 Å². The minimum atomic E-state index is 0.808. The van der Waals surface area contributed by atoms with Crippen molar-refractivity contribution in [3.05, 3.63) is 0 Å². The third-order valence-corrected chi connectivity index (χ3v) is 4.47. The van der Waals surface area contributed by atoms with Crippen molar-refractivity contribution >= 4 is 0 Å². The Morgan fingerprint density at radius 2 is 2.07 bits per heavy atom. The Hall–Kier alpha value is -0.0800. The first-order chi connectivity index (χ1) is 7.31. The lowest BCUT2D eigenvalue weighted by molar-refractivity contribution is 0.278. The average Bonchev–Trinajstić information content (AvgIpc) is 2.83. The first-order valence-corrected chi connectivity index (χ1v) is 6.75. The molecule has 2 rings (SSSR count). The normalized spacial score (nSPS) is 37.6. The first-order valence-electron chi connectivity index (χ1n) is 6.75. The van der Waals surface area contributed by atoms with Crippen LogP contribution in [0.4, 0.5) is 0 Å². The Bertz CT molecular complexity index is 193. The van der Waals surface area contributed by atoms with E-state index in [-0.39, 0.29) is 0 Å². The quantitative estimate of drug-likeness (QED) is 0.765. The van der Waals surface area contributed by atoms with E-state index in [1.807, 2.05) is 0 Å². The zero-order valence-electron chi connectivity index (χ0n) is 10.3. The Labute approximate surface area is 94.4 Å². The fraction of sp³-hybridized carbons (Fsp3) is 1.00. The van der Waals surface area contributed by atoms with E-state index in [0.717, 1.165) is 18.0 Å². The number of hydrogen-bond donors (Lipinski definition) is 1. The van der Waals surface area contributed by atoms with Crippen molar-refractivity contribution in [3.63, 3.8) is 0 Å². The summed E-state index contributed by atoms with van der Waals surface area (Å²) in [7, 11) is 2.27. The van der Waals surface area contributed by atoms with Gasteiger partial charge in [0.15, 0.2) is 0 Å². The highest BCUT2D eigenvalue weighted by Crippen LogP contribution is 2.28. The molecule has 2 fully saturated rings. The van der Waals surface area contributed by atoms with Crippen molar-refractivity contribution in [1.82, 2.24) is 10.2 Å². The van der Waals surface area contributed by atoms with Crippen LogP contribution < -0.4 is 5.32 Å². The first kappa shape index (κ1) is 11.4. The topological polar surface area (TPSA) is 15.3 Å². The maximum absolute atomic E-state index is 3.81. The molecule has 3 atom stereocenters. The molecule has 1 N–H and O–H groups in total.